The molecule has 7 nitrogen and oxygen atoms in total. The zero-order valence-corrected chi connectivity index (χ0v) is 22.2. The molecule has 1 aromatic carbocycles. The number of para-hydroxylation sites is 2. The van der Waals surface area contributed by atoms with Crippen LogP contribution in [0.4, 0.5) is 5.69 Å². The fourth-order valence-corrected chi connectivity index (χ4v) is 4.79. The number of halogens is 1. The molecule has 0 bridgehead atoms. The molecule has 0 spiro atoms. The molecular formula is C25H38IN5O2. The number of hydrogen-bond donors (Lipinski definition) is 2. The lowest BCUT2D eigenvalue weighted by Gasteiger charge is -2.25. The van der Waals surface area contributed by atoms with Gasteiger partial charge in [0.05, 0.1) is 31.6 Å². The summed E-state index contributed by atoms with van der Waals surface area (Å²) in [5.74, 6) is 3.42. The largest absolute Gasteiger partial charge is 0.495 e. The summed E-state index contributed by atoms with van der Waals surface area (Å²) in [6.45, 7) is 8.87. The Kier molecular flexibility index (Phi) is 10.2. The molecule has 0 saturated carbocycles. The third kappa shape index (κ3) is 6.79. The second kappa shape index (κ2) is 13.1. The number of anilines is 1. The molecule has 0 aliphatic carbocycles. The summed E-state index contributed by atoms with van der Waals surface area (Å²) in [5.41, 5.74) is 1.19. The van der Waals surface area contributed by atoms with Crippen LogP contribution in [0.2, 0.25) is 0 Å². The average molecular weight is 568 g/mol. The van der Waals surface area contributed by atoms with E-state index in [1.807, 2.05) is 18.2 Å². The third-order valence-electron chi connectivity index (χ3n) is 6.49. The number of benzene rings is 1. The van der Waals surface area contributed by atoms with E-state index in [1.165, 1.54) is 18.5 Å². The van der Waals surface area contributed by atoms with Gasteiger partial charge in [-0.15, -0.1) is 24.0 Å². The van der Waals surface area contributed by atoms with E-state index in [9.17, 15) is 0 Å². The van der Waals surface area contributed by atoms with Gasteiger partial charge in [0.15, 0.2) is 5.96 Å². The smallest absolute Gasteiger partial charge is 0.191 e. The summed E-state index contributed by atoms with van der Waals surface area (Å²) in [6.07, 6.45) is 5.43. The summed E-state index contributed by atoms with van der Waals surface area (Å²) in [4.78, 5) is 9.86. The van der Waals surface area contributed by atoms with Crippen molar-refractivity contribution in [3.05, 3.63) is 48.4 Å². The maximum atomic E-state index is 5.75. The molecule has 182 valence electrons. The maximum absolute atomic E-state index is 5.75. The normalized spacial score (nSPS) is 19.9. The highest BCUT2D eigenvalue weighted by Crippen LogP contribution is 2.31. The SMILES string of the molecule is CCNC(=NCC(c1ccco1)N1CCCC1)NCC1CCN(c2ccccc2OC)C1.I. The molecule has 2 fully saturated rings. The lowest BCUT2D eigenvalue weighted by atomic mass is 10.1. The number of furan rings is 1. The van der Waals surface area contributed by atoms with Crippen molar-refractivity contribution in [2.75, 3.05) is 57.8 Å². The van der Waals surface area contributed by atoms with Gasteiger partial charge in [0.25, 0.3) is 0 Å². The van der Waals surface area contributed by atoms with Crippen LogP contribution in [0.5, 0.6) is 5.75 Å². The van der Waals surface area contributed by atoms with Crippen LogP contribution in [-0.2, 0) is 0 Å². The summed E-state index contributed by atoms with van der Waals surface area (Å²) in [5, 5.41) is 7.00. The Morgan fingerprint density at radius 3 is 2.70 bits per heavy atom. The highest BCUT2D eigenvalue weighted by Gasteiger charge is 2.26. The van der Waals surface area contributed by atoms with Gasteiger partial charge in [-0.25, -0.2) is 0 Å². The van der Waals surface area contributed by atoms with Crippen LogP contribution in [0.25, 0.3) is 0 Å². The van der Waals surface area contributed by atoms with E-state index in [1.54, 1.807) is 13.4 Å². The number of nitrogens with one attached hydrogen (secondary N) is 2. The van der Waals surface area contributed by atoms with Crippen molar-refractivity contribution in [2.45, 2.75) is 32.2 Å². The number of likely N-dealkylation sites (tertiary alicyclic amines) is 1. The molecule has 2 N–H and O–H groups in total. The van der Waals surface area contributed by atoms with Gasteiger partial charge in [-0.3, -0.25) is 9.89 Å². The van der Waals surface area contributed by atoms with Crippen LogP contribution in [-0.4, -0.2) is 63.8 Å². The Bertz CT molecular complexity index is 854. The maximum Gasteiger partial charge on any atom is 0.191 e. The van der Waals surface area contributed by atoms with Crippen molar-refractivity contribution in [3.8, 4) is 5.75 Å². The van der Waals surface area contributed by atoms with Crippen molar-refractivity contribution < 1.29 is 9.15 Å². The van der Waals surface area contributed by atoms with Gasteiger partial charge in [-0.1, -0.05) is 12.1 Å². The summed E-state index contributed by atoms with van der Waals surface area (Å²) in [7, 11) is 1.74. The Balaban J connectivity index is 0.00000306. The molecule has 4 rings (SSSR count). The van der Waals surface area contributed by atoms with E-state index < -0.39 is 0 Å². The monoisotopic (exact) mass is 567 g/mol. The van der Waals surface area contributed by atoms with Crippen molar-refractivity contribution in [1.29, 1.82) is 0 Å². The molecule has 3 heterocycles. The number of hydrogen-bond acceptors (Lipinski definition) is 5. The Morgan fingerprint density at radius 1 is 1.15 bits per heavy atom. The van der Waals surface area contributed by atoms with E-state index in [0.717, 1.165) is 63.2 Å². The minimum absolute atomic E-state index is 0. The van der Waals surface area contributed by atoms with Crippen molar-refractivity contribution >= 4 is 35.6 Å². The first-order valence-corrected chi connectivity index (χ1v) is 12.0. The van der Waals surface area contributed by atoms with E-state index in [2.05, 4.69) is 45.6 Å². The molecule has 2 aliphatic rings. The van der Waals surface area contributed by atoms with E-state index >= 15 is 0 Å². The van der Waals surface area contributed by atoms with Crippen molar-refractivity contribution in [1.82, 2.24) is 15.5 Å². The van der Waals surface area contributed by atoms with Gasteiger partial charge >= 0.3 is 0 Å². The quantitative estimate of drug-likeness (QED) is 0.270. The minimum atomic E-state index is 0. The fourth-order valence-electron chi connectivity index (χ4n) is 4.79. The molecule has 2 unspecified atom stereocenters. The number of aliphatic imine (C=N–C) groups is 1. The third-order valence-corrected chi connectivity index (χ3v) is 6.49. The van der Waals surface area contributed by atoms with Crippen LogP contribution < -0.4 is 20.3 Å². The topological polar surface area (TPSA) is 65.3 Å². The standard InChI is InChI=1S/C25H37N5O2.HI/c1-3-26-25(28-18-22(24-11-8-16-32-24)29-13-6-7-14-29)27-17-20-12-15-30(19-20)21-9-4-5-10-23(21)31-2;/h4-5,8-11,16,20,22H,3,6-7,12-15,17-19H2,1-2H3,(H2,26,27,28);1H. The summed E-state index contributed by atoms with van der Waals surface area (Å²) >= 11 is 0. The molecule has 2 atom stereocenters. The van der Waals surface area contributed by atoms with Gasteiger partial charge in [-0.2, -0.15) is 0 Å². The molecule has 2 aromatic rings. The van der Waals surface area contributed by atoms with Gasteiger partial charge in [0.1, 0.15) is 11.5 Å². The Labute approximate surface area is 215 Å². The molecule has 1 aromatic heterocycles. The first-order chi connectivity index (χ1) is 15.8. The van der Waals surface area contributed by atoms with Crippen LogP contribution >= 0.6 is 24.0 Å². The number of methoxy groups -OCH3 is 1. The number of nitrogens with zero attached hydrogens (tertiary/aromatic N) is 3. The lowest BCUT2D eigenvalue weighted by Crippen LogP contribution is -2.41. The van der Waals surface area contributed by atoms with Crippen LogP contribution in [0.3, 0.4) is 0 Å². The molecule has 0 radical (unpaired) electrons. The summed E-state index contributed by atoms with van der Waals surface area (Å²) in [6, 6.07) is 12.5. The predicted octanol–water partition coefficient (Wildman–Crippen LogP) is 4.12. The summed E-state index contributed by atoms with van der Waals surface area (Å²) < 4.78 is 11.3. The first-order valence-electron chi connectivity index (χ1n) is 12.0. The van der Waals surface area contributed by atoms with E-state index in [-0.39, 0.29) is 30.0 Å². The fraction of sp³-hybridized carbons (Fsp3) is 0.560. The number of ether oxygens (including phenoxy) is 1. The molecule has 8 heteroatoms. The number of guanidine groups is 1. The van der Waals surface area contributed by atoms with Gasteiger partial charge in [0, 0.05) is 26.2 Å². The van der Waals surface area contributed by atoms with Gasteiger partial charge < -0.3 is 24.7 Å². The van der Waals surface area contributed by atoms with Gasteiger partial charge in [-0.05, 0) is 69.5 Å². The van der Waals surface area contributed by atoms with Crippen molar-refractivity contribution in [2.24, 2.45) is 10.9 Å². The molecule has 2 aliphatic heterocycles. The zero-order valence-electron chi connectivity index (χ0n) is 19.8. The van der Waals surface area contributed by atoms with Crippen LogP contribution in [0.1, 0.15) is 38.0 Å². The lowest BCUT2D eigenvalue weighted by molar-refractivity contribution is 0.221. The van der Waals surface area contributed by atoms with Crippen LogP contribution in [0, 0.1) is 5.92 Å². The first kappa shape index (κ1) is 25.7. The second-order valence-electron chi connectivity index (χ2n) is 8.65. The second-order valence-corrected chi connectivity index (χ2v) is 8.65. The highest BCUT2D eigenvalue weighted by atomic mass is 127. The predicted molar refractivity (Wildman–Crippen MR) is 145 cm³/mol. The van der Waals surface area contributed by atoms with E-state index in [4.69, 9.17) is 14.1 Å². The Morgan fingerprint density at radius 2 is 1.97 bits per heavy atom. The molecule has 2 saturated heterocycles. The van der Waals surface area contributed by atoms with E-state index in [0.29, 0.717) is 12.5 Å². The minimum Gasteiger partial charge on any atom is -0.495 e. The molecule has 33 heavy (non-hydrogen) atoms. The van der Waals surface area contributed by atoms with Gasteiger partial charge in [0.2, 0.25) is 0 Å². The zero-order chi connectivity index (χ0) is 22.2. The molecular weight excluding hydrogens is 529 g/mol. The number of rotatable bonds is 9. The Hall–Kier alpha value is -1.94. The van der Waals surface area contributed by atoms with Crippen molar-refractivity contribution in [3.63, 3.8) is 0 Å². The van der Waals surface area contributed by atoms with Crippen LogP contribution in [0.15, 0.2) is 52.1 Å². The average Bonchev–Trinajstić information content (AvgIpc) is 3.61. The highest BCUT2D eigenvalue weighted by molar-refractivity contribution is 14.0. The molecule has 0 amide bonds.